The number of rotatable bonds is 4. The molecule has 0 spiro atoms. The fraction of sp³-hybridized carbons (Fsp3) is 0.267. The fourth-order valence-electron chi connectivity index (χ4n) is 1.84. The molecule has 0 radical (unpaired) electrons. The molecule has 1 unspecified atom stereocenters. The molecule has 0 aliphatic carbocycles. The number of benzene rings is 1. The number of nitrogens with two attached hydrogens (primary N) is 1. The van der Waals surface area contributed by atoms with Crippen molar-refractivity contribution in [3.8, 4) is 11.6 Å². The molecule has 0 fully saturated rings. The van der Waals surface area contributed by atoms with Crippen molar-refractivity contribution in [1.82, 2.24) is 4.98 Å². The minimum absolute atomic E-state index is 0.201. The van der Waals surface area contributed by atoms with Crippen LogP contribution in [0.3, 0.4) is 0 Å². The second kappa shape index (κ2) is 6.33. The molecule has 1 aromatic carbocycles. The lowest BCUT2D eigenvalue weighted by molar-refractivity contribution is 0.453. The predicted molar refractivity (Wildman–Crippen MR) is 83.9 cm³/mol. The molecule has 5 heteroatoms. The molecule has 0 saturated heterocycles. The van der Waals surface area contributed by atoms with Gasteiger partial charge in [-0.1, -0.05) is 55.2 Å². The first kappa shape index (κ1) is 14.9. The van der Waals surface area contributed by atoms with E-state index in [1.165, 1.54) is 6.07 Å². The second-order valence-corrected chi connectivity index (χ2v) is 5.41. The maximum atomic E-state index is 6.09. The topological polar surface area (TPSA) is 48.1 Å². The van der Waals surface area contributed by atoms with Gasteiger partial charge in [0.15, 0.2) is 0 Å². The number of nitrogen functional groups attached to an aromatic ring is 1. The summed E-state index contributed by atoms with van der Waals surface area (Å²) in [5, 5.41) is 0.653. The van der Waals surface area contributed by atoms with Crippen molar-refractivity contribution < 1.29 is 4.74 Å². The Labute approximate surface area is 128 Å². The minimum atomic E-state index is 0.201. The number of ether oxygens (including phenoxy) is 1. The first-order valence-corrected chi connectivity index (χ1v) is 7.16. The number of halogens is 2. The van der Waals surface area contributed by atoms with Gasteiger partial charge in [-0.15, -0.1) is 0 Å². The summed E-state index contributed by atoms with van der Waals surface area (Å²) in [6, 6.07) is 9.36. The minimum Gasteiger partial charge on any atom is -0.437 e. The van der Waals surface area contributed by atoms with Crippen LogP contribution in [0.5, 0.6) is 11.6 Å². The van der Waals surface area contributed by atoms with Gasteiger partial charge in [-0.05, 0) is 30.0 Å². The highest BCUT2D eigenvalue weighted by atomic mass is 35.5. The van der Waals surface area contributed by atoms with Crippen molar-refractivity contribution in [2.24, 2.45) is 0 Å². The number of pyridine rings is 1. The first-order valence-electron chi connectivity index (χ1n) is 6.41. The van der Waals surface area contributed by atoms with Crippen LogP contribution < -0.4 is 10.5 Å². The Balaban J connectivity index is 2.38. The normalized spacial score (nSPS) is 12.2. The summed E-state index contributed by atoms with van der Waals surface area (Å²) in [5.41, 5.74) is 6.80. The van der Waals surface area contributed by atoms with Gasteiger partial charge in [0.05, 0.1) is 5.02 Å². The van der Waals surface area contributed by atoms with Crippen LogP contribution >= 0.6 is 23.2 Å². The molecule has 3 nitrogen and oxygen atoms in total. The summed E-state index contributed by atoms with van der Waals surface area (Å²) in [6.45, 7) is 4.28. The van der Waals surface area contributed by atoms with Gasteiger partial charge in [0.25, 0.3) is 0 Å². The Kier molecular flexibility index (Phi) is 4.73. The van der Waals surface area contributed by atoms with Crippen LogP contribution in [-0.2, 0) is 0 Å². The van der Waals surface area contributed by atoms with Gasteiger partial charge in [0, 0.05) is 0 Å². The monoisotopic (exact) mass is 310 g/mol. The zero-order valence-electron chi connectivity index (χ0n) is 11.4. The fourth-order valence-corrected chi connectivity index (χ4v) is 2.24. The van der Waals surface area contributed by atoms with Crippen LogP contribution in [0, 0.1) is 0 Å². The third-order valence-electron chi connectivity index (χ3n) is 3.19. The molecule has 0 saturated carbocycles. The summed E-state index contributed by atoms with van der Waals surface area (Å²) in [6.07, 6.45) is 1.02. The van der Waals surface area contributed by atoms with Crippen molar-refractivity contribution in [3.63, 3.8) is 0 Å². The average molecular weight is 311 g/mol. The molecule has 1 aromatic heterocycles. The summed E-state index contributed by atoms with van der Waals surface area (Å²) in [7, 11) is 0. The number of nitrogens with zero attached hydrogens (tertiary/aromatic N) is 1. The summed E-state index contributed by atoms with van der Waals surface area (Å²) in [5.74, 6) is 1.59. The standard InChI is InChI=1S/C15H16Cl2N2O/c1-3-9(2)10-6-4-5-7-13(10)20-15-12(17)8-11(16)14(18)19-15/h4-9H,3H2,1-2H3,(H2,18,19). The van der Waals surface area contributed by atoms with Gasteiger partial charge >= 0.3 is 0 Å². The van der Waals surface area contributed by atoms with Gasteiger partial charge in [-0.3, -0.25) is 0 Å². The van der Waals surface area contributed by atoms with E-state index < -0.39 is 0 Å². The molecule has 1 heterocycles. The highest BCUT2D eigenvalue weighted by Crippen LogP contribution is 2.36. The van der Waals surface area contributed by atoms with E-state index in [1.54, 1.807) is 0 Å². The van der Waals surface area contributed by atoms with E-state index in [0.717, 1.165) is 17.7 Å². The zero-order valence-corrected chi connectivity index (χ0v) is 12.9. The van der Waals surface area contributed by atoms with Gasteiger partial charge in [-0.25, -0.2) is 0 Å². The molecule has 1 atom stereocenters. The van der Waals surface area contributed by atoms with Crippen LogP contribution in [0.1, 0.15) is 31.7 Å². The zero-order chi connectivity index (χ0) is 14.7. The van der Waals surface area contributed by atoms with Gasteiger partial charge in [0.1, 0.15) is 16.6 Å². The molecule has 0 aliphatic heterocycles. The molecule has 2 rings (SSSR count). The molecular weight excluding hydrogens is 295 g/mol. The summed E-state index contributed by atoms with van der Waals surface area (Å²) < 4.78 is 5.82. The van der Waals surface area contributed by atoms with Crippen LogP contribution in [0.4, 0.5) is 5.82 Å². The Hall–Kier alpha value is -1.45. The lowest BCUT2D eigenvalue weighted by Gasteiger charge is -2.15. The Morgan fingerprint density at radius 1 is 1.25 bits per heavy atom. The first-order chi connectivity index (χ1) is 9.52. The number of para-hydroxylation sites is 1. The molecule has 0 amide bonds. The van der Waals surface area contributed by atoms with Crippen molar-refractivity contribution in [2.45, 2.75) is 26.2 Å². The molecular formula is C15H16Cl2N2O. The maximum Gasteiger partial charge on any atom is 0.240 e. The van der Waals surface area contributed by atoms with Crippen molar-refractivity contribution >= 4 is 29.0 Å². The highest BCUT2D eigenvalue weighted by Gasteiger charge is 2.14. The largest absolute Gasteiger partial charge is 0.437 e. The van der Waals surface area contributed by atoms with E-state index >= 15 is 0 Å². The van der Waals surface area contributed by atoms with Crippen LogP contribution in [-0.4, -0.2) is 4.98 Å². The highest BCUT2D eigenvalue weighted by molar-refractivity contribution is 6.36. The van der Waals surface area contributed by atoms with E-state index in [-0.39, 0.29) is 11.7 Å². The number of hydrogen-bond donors (Lipinski definition) is 1. The van der Waals surface area contributed by atoms with E-state index in [9.17, 15) is 0 Å². The Morgan fingerprint density at radius 3 is 2.65 bits per heavy atom. The molecule has 106 valence electrons. The average Bonchev–Trinajstić information content (AvgIpc) is 2.44. The van der Waals surface area contributed by atoms with E-state index in [1.807, 2.05) is 24.3 Å². The second-order valence-electron chi connectivity index (χ2n) is 4.59. The quantitative estimate of drug-likeness (QED) is 0.836. The smallest absolute Gasteiger partial charge is 0.240 e. The van der Waals surface area contributed by atoms with Gasteiger partial charge < -0.3 is 10.5 Å². The number of anilines is 1. The molecule has 0 bridgehead atoms. The number of hydrogen-bond acceptors (Lipinski definition) is 3. The van der Waals surface area contributed by atoms with Gasteiger partial charge in [0.2, 0.25) is 5.88 Å². The third kappa shape index (κ3) is 3.17. The lowest BCUT2D eigenvalue weighted by atomic mass is 9.98. The van der Waals surface area contributed by atoms with Crippen LogP contribution in [0.25, 0.3) is 0 Å². The molecule has 2 aromatic rings. The predicted octanol–water partition coefficient (Wildman–Crippen LogP) is 5.28. The Morgan fingerprint density at radius 2 is 1.95 bits per heavy atom. The third-order valence-corrected chi connectivity index (χ3v) is 3.77. The van der Waals surface area contributed by atoms with E-state index in [0.29, 0.717) is 16.0 Å². The van der Waals surface area contributed by atoms with Crippen molar-refractivity contribution in [2.75, 3.05) is 5.73 Å². The van der Waals surface area contributed by atoms with Crippen molar-refractivity contribution in [1.29, 1.82) is 0 Å². The SMILES string of the molecule is CCC(C)c1ccccc1Oc1nc(N)c(Cl)cc1Cl. The van der Waals surface area contributed by atoms with E-state index in [4.69, 9.17) is 33.7 Å². The number of aromatic nitrogens is 1. The molecule has 20 heavy (non-hydrogen) atoms. The Bertz CT molecular complexity index is 617. The summed E-state index contributed by atoms with van der Waals surface area (Å²) >= 11 is 12.0. The van der Waals surface area contributed by atoms with Crippen LogP contribution in [0.2, 0.25) is 10.0 Å². The van der Waals surface area contributed by atoms with Crippen LogP contribution in [0.15, 0.2) is 30.3 Å². The van der Waals surface area contributed by atoms with Crippen molar-refractivity contribution in [3.05, 3.63) is 45.9 Å². The summed E-state index contributed by atoms with van der Waals surface area (Å²) in [4.78, 5) is 4.09. The van der Waals surface area contributed by atoms with Gasteiger partial charge in [-0.2, -0.15) is 4.98 Å². The lowest BCUT2D eigenvalue weighted by Crippen LogP contribution is -1.99. The van der Waals surface area contributed by atoms with E-state index in [2.05, 4.69) is 18.8 Å². The molecule has 0 aliphatic rings. The molecule has 2 N–H and O–H groups in total. The maximum absolute atomic E-state index is 6.09.